The SMILES string of the molecule is Cc1noc(C)c1COC(=O)c1oc2c(Cl)cccc2c1C. The smallest absolute Gasteiger partial charge is 0.374 e. The van der Waals surface area contributed by atoms with Gasteiger partial charge in [0.15, 0.2) is 5.58 Å². The largest absolute Gasteiger partial charge is 0.455 e. The van der Waals surface area contributed by atoms with Crippen LogP contribution in [0, 0.1) is 20.8 Å². The maximum absolute atomic E-state index is 12.3. The van der Waals surface area contributed by atoms with Gasteiger partial charge < -0.3 is 13.7 Å². The van der Waals surface area contributed by atoms with Gasteiger partial charge in [-0.1, -0.05) is 28.9 Å². The number of hydrogen-bond donors (Lipinski definition) is 0. The second kappa shape index (κ2) is 5.50. The summed E-state index contributed by atoms with van der Waals surface area (Å²) in [5.74, 6) is 0.259. The van der Waals surface area contributed by atoms with Crippen LogP contribution < -0.4 is 0 Å². The molecule has 0 fully saturated rings. The normalized spacial score (nSPS) is 11.1. The van der Waals surface area contributed by atoms with Gasteiger partial charge in [-0.25, -0.2) is 4.79 Å². The van der Waals surface area contributed by atoms with Gasteiger partial charge in [-0.2, -0.15) is 0 Å². The van der Waals surface area contributed by atoms with Crippen LogP contribution in [-0.2, 0) is 11.3 Å². The summed E-state index contributed by atoms with van der Waals surface area (Å²) >= 11 is 6.08. The van der Waals surface area contributed by atoms with E-state index in [9.17, 15) is 4.79 Å². The fourth-order valence-electron chi connectivity index (χ4n) is 2.31. The Hall–Kier alpha value is -2.27. The highest BCUT2D eigenvalue weighted by molar-refractivity contribution is 6.35. The van der Waals surface area contributed by atoms with E-state index in [0.717, 1.165) is 10.9 Å². The maximum atomic E-state index is 12.3. The summed E-state index contributed by atoms with van der Waals surface area (Å²) in [4.78, 5) is 12.3. The average Bonchev–Trinajstić information content (AvgIpc) is 2.99. The van der Waals surface area contributed by atoms with Crippen LogP contribution >= 0.6 is 11.6 Å². The van der Waals surface area contributed by atoms with Crippen LogP contribution in [0.1, 0.15) is 33.1 Å². The topological polar surface area (TPSA) is 65.5 Å². The molecule has 0 saturated carbocycles. The quantitative estimate of drug-likeness (QED) is 0.671. The van der Waals surface area contributed by atoms with E-state index in [1.54, 1.807) is 26.8 Å². The molecule has 2 aromatic heterocycles. The van der Waals surface area contributed by atoms with Crippen molar-refractivity contribution in [3.8, 4) is 0 Å². The lowest BCUT2D eigenvalue weighted by Gasteiger charge is -2.02. The number of halogens is 1. The third-order valence-electron chi connectivity index (χ3n) is 3.63. The van der Waals surface area contributed by atoms with Crippen LogP contribution in [0.2, 0.25) is 5.02 Å². The molecule has 2 heterocycles. The zero-order valence-electron chi connectivity index (χ0n) is 12.4. The van der Waals surface area contributed by atoms with Crippen molar-refractivity contribution < 1.29 is 18.5 Å². The minimum absolute atomic E-state index is 0.0875. The maximum Gasteiger partial charge on any atom is 0.374 e. The first kappa shape index (κ1) is 14.7. The molecule has 0 bridgehead atoms. The summed E-state index contributed by atoms with van der Waals surface area (Å²) in [6.45, 7) is 5.46. The summed E-state index contributed by atoms with van der Waals surface area (Å²) in [7, 11) is 0. The minimum atomic E-state index is -0.537. The Kier molecular flexibility index (Phi) is 3.66. The van der Waals surface area contributed by atoms with E-state index in [4.69, 9.17) is 25.3 Å². The van der Waals surface area contributed by atoms with E-state index in [1.165, 1.54) is 0 Å². The van der Waals surface area contributed by atoms with E-state index in [-0.39, 0.29) is 12.4 Å². The van der Waals surface area contributed by atoms with E-state index in [2.05, 4.69) is 5.16 Å². The first-order valence-electron chi connectivity index (χ1n) is 6.75. The van der Waals surface area contributed by atoms with Gasteiger partial charge in [-0.15, -0.1) is 0 Å². The summed E-state index contributed by atoms with van der Waals surface area (Å²) in [5.41, 5.74) is 2.67. The number of furan rings is 1. The lowest BCUT2D eigenvalue weighted by atomic mass is 10.1. The number of nitrogens with zero attached hydrogens (tertiary/aromatic N) is 1. The number of carbonyl (C=O) groups is 1. The number of aryl methyl sites for hydroxylation is 3. The summed E-state index contributed by atoms with van der Waals surface area (Å²) in [6, 6.07) is 5.38. The number of fused-ring (bicyclic) bond motifs is 1. The highest BCUT2D eigenvalue weighted by Crippen LogP contribution is 2.31. The molecule has 0 radical (unpaired) electrons. The molecule has 0 atom stereocenters. The van der Waals surface area contributed by atoms with E-state index >= 15 is 0 Å². The Bertz CT molecular complexity index is 843. The number of esters is 1. The zero-order valence-corrected chi connectivity index (χ0v) is 13.2. The molecule has 1 aromatic carbocycles. The van der Waals surface area contributed by atoms with Crippen molar-refractivity contribution in [2.24, 2.45) is 0 Å². The van der Waals surface area contributed by atoms with Crippen molar-refractivity contribution in [1.29, 1.82) is 0 Å². The summed E-state index contributed by atoms with van der Waals surface area (Å²) < 4.78 is 15.9. The molecule has 0 amide bonds. The second-order valence-electron chi connectivity index (χ2n) is 5.05. The fourth-order valence-corrected chi connectivity index (χ4v) is 2.53. The Morgan fingerprint density at radius 3 is 2.73 bits per heavy atom. The Balaban J connectivity index is 1.87. The lowest BCUT2D eigenvalue weighted by molar-refractivity contribution is 0.0435. The van der Waals surface area contributed by atoms with Crippen LogP contribution in [0.3, 0.4) is 0 Å². The molecule has 114 valence electrons. The Morgan fingerprint density at radius 2 is 2.09 bits per heavy atom. The molecule has 0 N–H and O–H groups in total. The van der Waals surface area contributed by atoms with Gasteiger partial charge >= 0.3 is 5.97 Å². The van der Waals surface area contributed by atoms with Gasteiger partial charge in [0.2, 0.25) is 5.76 Å². The third kappa shape index (κ3) is 2.37. The highest BCUT2D eigenvalue weighted by Gasteiger charge is 2.21. The zero-order chi connectivity index (χ0) is 15.9. The molecular weight excluding hydrogens is 306 g/mol. The molecule has 0 saturated heterocycles. The van der Waals surface area contributed by atoms with Gasteiger partial charge in [-0.05, 0) is 26.8 Å². The first-order valence-corrected chi connectivity index (χ1v) is 7.13. The van der Waals surface area contributed by atoms with Crippen LogP contribution in [0.5, 0.6) is 0 Å². The predicted octanol–water partition coefficient (Wildman–Crippen LogP) is 4.36. The predicted molar refractivity (Wildman–Crippen MR) is 81.1 cm³/mol. The van der Waals surface area contributed by atoms with Crippen LogP contribution in [0.25, 0.3) is 11.0 Å². The van der Waals surface area contributed by atoms with Gasteiger partial charge in [0, 0.05) is 10.9 Å². The van der Waals surface area contributed by atoms with Crippen molar-refractivity contribution in [3.63, 3.8) is 0 Å². The molecule has 22 heavy (non-hydrogen) atoms. The molecule has 0 aliphatic heterocycles. The molecular formula is C16H14ClNO4. The van der Waals surface area contributed by atoms with Crippen LogP contribution in [0.4, 0.5) is 0 Å². The number of benzene rings is 1. The molecule has 0 unspecified atom stereocenters. The number of para-hydroxylation sites is 1. The summed E-state index contributed by atoms with van der Waals surface area (Å²) in [6.07, 6.45) is 0. The van der Waals surface area contributed by atoms with Gasteiger partial charge in [-0.3, -0.25) is 0 Å². The lowest BCUT2D eigenvalue weighted by Crippen LogP contribution is -2.06. The van der Waals surface area contributed by atoms with Gasteiger partial charge in [0.1, 0.15) is 12.4 Å². The van der Waals surface area contributed by atoms with E-state index in [1.807, 2.05) is 12.1 Å². The number of aromatic nitrogens is 1. The highest BCUT2D eigenvalue weighted by atomic mass is 35.5. The fraction of sp³-hybridized carbons (Fsp3) is 0.250. The summed E-state index contributed by atoms with van der Waals surface area (Å²) in [5, 5.41) is 5.09. The van der Waals surface area contributed by atoms with Crippen molar-refractivity contribution in [1.82, 2.24) is 5.16 Å². The standard InChI is InChI=1S/C16H14ClNO4/c1-8-11-5-4-6-13(17)15(11)21-14(8)16(19)20-7-12-9(2)18-22-10(12)3/h4-6H,7H2,1-3H3. The van der Waals surface area contributed by atoms with Gasteiger partial charge in [0.25, 0.3) is 0 Å². The van der Waals surface area contributed by atoms with E-state index < -0.39 is 5.97 Å². The molecule has 0 aliphatic carbocycles. The minimum Gasteiger partial charge on any atom is -0.455 e. The average molecular weight is 320 g/mol. The first-order chi connectivity index (χ1) is 10.5. The molecule has 3 rings (SSSR count). The number of rotatable bonds is 3. The van der Waals surface area contributed by atoms with Crippen molar-refractivity contribution >= 4 is 28.5 Å². The Morgan fingerprint density at radius 1 is 1.32 bits per heavy atom. The molecule has 5 nitrogen and oxygen atoms in total. The molecule has 0 aliphatic rings. The molecule has 6 heteroatoms. The molecule has 3 aromatic rings. The Labute approximate surface area is 131 Å². The van der Waals surface area contributed by atoms with Crippen molar-refractivity contribution in [3.05, 3.63) is 51.6 Å². The van der Waals surface area contributed by atoms with Crippen molar-refractivity contribution in [2.45, 2.75) is 27.4 Å². The number of carbonyl (C=O) groups excluding carboxylic acids is 1. The number of ether oxygens (including phenoxy) is 1. The third-order valence-corrected chi connectivity index (χ3v) is 3.93. The van der Waals surface area contributed by atoms with Crippen molar-refractivity contribution in [2.75, 3.05) is 0 Å². The molecule has 0 spiro atoms. The van der Waals surface area contributed by atoms with E-state index in [0.29, 0.717) is 27.6 Å². The number of hydrogen-bond acceptors (Lipinski definition) is 5. The van der Waals surface area contributed by atoms with Crippen LogP contribution in [-0.4, -0.2) is 11.1 Å². The second-order valence-corrected chi connectivity index (χ2v) is 5.46. The van der Waals surface area contributed by atoms with Crippen LogP contribution in [0.15, 0.2) is 27.1 Å². The van der Waals surface area contributed by atoms with Gasteiger partial charge in [0.05, 0.1) is 16.3 Å². The monoisotopic (exact) mass is 319 g/mol.